The highest BCUT2D eigenvalue weighted by molar-refractivity contribution is 7.99. The monoisotopic (exact) mass is 377 g/mol. The minimum atomic E-state index is -0.532. The molecule has 130 valence electrons. The average molecular weight is 378 g/mol. The third-order valence-electron chi connectivity index (χ3n) is 3.37. The second kappa shape index (κ2) is 8.84. The Labute approximate surface area is 155 Å². The lowest BCUT2D eigenvalue weighted by molar-refractivity contribution is -0.115. The maximum absolute atomic E-state index is 13.1. The van der Waals surface area contributed by atoms with Crippen LogP contribution in [0.25, 0.3) is 0 Å². The van der Waals surface area contributed by atoms with E-state index in [2.05, 4.69) is 16.4 Å². The number of hydrogen-bond acceptors (Lipinski definition) is 4. The van der Waals surface area contributed by atoms with Gasteiger partial charge in [-0.25, -0.2) is 9.37 Å². The molecule has 0 radical (unpaired) electrons. The number of nitrogens with one attached hydrogen (secondary N) is 1. The molecule has 2 aromatic rings. The highest BCUT2D eigenvalue weighted by Gasteiger charge is 2.10. The fourth-order valence-corrected chi connectivity index (χ4v) is 3.11. The maximum Gasteiger partial charge on any atom is 0.225 e. The van der Waals surface area contributed by atoms with E-state index in [4.69, 9.17) is 11.6 Å². The van der Waals surface area contributed by atoms with E-state index in [0.717, 1.165) is 5.69 Å². The molecule has 0 aliphatic carbocycles. The normalized spacial score (nSPS) is 10.6. The van der Waals surface area contributed by atoms with Crippen LogP contribution in [0.3, 0.4) is 0 Å². The zero-order valence-electron chi connectivity index (χ0n) is 13.8. The molecule has 0 atom stereocenters. The summed E-state index contributed by atoms with van der Waals surface area (Å²) in [6, 6.07) is 9.74. The number of pyridine rings is 1. The van der Waals surface area contributed by atoms with Gasteiger partial charge < -0.3 is 5.32 Å². The average Bonchev–Trinajstić information content (AvgIpc) is 2.58. The van der Waals surface area contributed by atoms with Gasteiger partial charge in [0, 0.05) is 23.6 Å². The van der Waals surface area contributed by atoms with Crippen LogP contribution in [0, 0.1) is 17.1 Å². The molecule has 1 heterocycles. The largest absolute Gasteiger partial charge is 0.326 e. The van der Waals surface area contributed by atoms with Crippen LogP contribution in [0.15, 0.2) is 35.4 Å². The van der Waals surface area contributed by atoms with Gasteiger partial charge in [-0.3, -0.25) is 4.79 Å². The van der Waals surface area contributed by atoms with Crippen molar-refractivity contribution in [3.63, 3.8) is 0 Å². The SMILES string of the molecule is CC(C)c1ccc(C#N)c(SCCC(=O)Nc2ccc(F)c(Cl)c2)n1. The Bertz CT molecular complexity index is 820. The molecule has 0 bridgehead atoms. The van der Waals surface area contributed by atoms with Gasteiger partial charge in [0.05, 0.1) is 10.6 Å². The van der Waals surface area contributed by atoms with Gasteiger partial charge in [-0.2, -0.15) is 5.26 Å². The molecule has 0 aliphatic heterocycles. The van der Waals surface area contributed by atoms with Gasteiger partial charge in [-0.15, -0.1) is 11.8 Å². The van der Waals surface area contributed by atoms with Crippen molar-refractivity contribution in [3.8, 4) is 6.07 Å². The Hall–Kier alpha value is -2.10. The molecule has 1 amide bonds. The van der Waals surface area contributed by atoms with Gasteiger partial charge in [0.15, 0.2) is 0 Å². The first-order valence-corrected chi connectivity index (χ1v) is 9.05. The molecule has 7 heteroatoms. The van der Waals surface area contributed by atoms with Crippen LogP contribution in [0.4, 0.5) is 10.1 Å². The molecule has 0 spiro atoms. The van der Waals surface area contributed by atoms with Gasteiger partial charge in [-0.05, 0) is 36.2 Å². The van der Waals surface area contributed by atoms with Crippen LogP contribution >= 0.6 is 23.4 Å². The van der Waals surface area contributed by atoms with E-state index in [1.807, 2.05) is 19.9 Å². The fraction of sp³-hybridized carbons (Fsp3) is 0.278. The van der Waals surface area contributed by atoms with Gasteiger partial charge in [0.1, 0.15) is 16.9 Å². The number of thioether (sulfide) groups is 1. The van der Waals surface area contributed by atoms with E-state index < -0.39 is 5.82 Å². The number of nitrogens with zero attached hydrogens (tertiary/aromatic N) is 2. The fourth-order valence-electron chi connectivity index (χ4n) is 2.01. The molecular formula is C18H17ClFN3OS. The first-order valence-electron chi connectivity index (χ1n) is 7.69. The summed E-state index contributed by atoms with van der Waals surface area (Å²) in [7, 11) is 0. The summed E-state index contributed by atoms with van der Waals surface area (Å²) in [5.74, 6) is -0.00745. The Balaban J connectivity index is 1.93. The molecule has 2 rings (SSSR count). The third kappa shape index (κ3) is 5.45. The number of anilines is 1. The molecule has 0 aliphatic rings. The summed E-state index contributed by atoms with van der Waals surface area (Å²) in [6.07, 6.45) is 0.234. The number of amides is 1. The van der Waals surface area contributed by atoms with E-state index in [-0.39, 0.29) is 23.3 Å². The summed E-state index contributed by atoms with van der Waals surface area (Å²) in [5, 5.41) is 12.4. The van der Waals surface area contributed by atoms with E-state index in [9.17, 15) is 14.4 Å². The van der Waals surface area contributed by atoms with Crippen molar-refractivity contribution in [1.29, 1.82) is 5.26 Å². The Kier molecular flexibility index (Phi) is 6.80. The quantitative estimate of drug-likeness (QED) is 0.720. The number of benzene rings is 1. The van der Waals surface area contributed by atoms with Gasteiger partial charge in [0.2, 0.25) is 5.91 Å². The summed E-state index contributed by atoms with van der Waals surface area (Å²) >= 11 is 7.05. The summed E-state index contributed by atoms with van der Waals surface area (Å²) in [4.78, 5) is 16.5. The molecule has 1 aromatic carbocycles. The number of rotatable bonds is 6. The molecule has 0 saturated carbocycles. The van der Waals surface area contributed by atoms with E-state index in [1.54, 1.807) is 6.07 Å². The van der Waals surface area contributed by atoms with E-state index in [0.29, 0.717) is 22.0 Å². The third-order valence-corrected chi connectivity index (χ3v) is 4.65. The number of carbonyl (C=O) groups is 1. The summed E-state index contributed by atoms with van der Waals surface area (Å²) in [6.45, 7) is 4.06. The minimum absolute atomic E-state index is 0.0412. The maximum atomic E-state index is 13.1. The lowest BCUT2D eigenvalue weighted by Crippen LogP contribution is -2.12. The zero-order valence-corrected chi connectivity index (χ0v) is 15.4. The standard InChI is InChI=1S/C18H17ClFN3OS/c1-11(2)16-6-3-12(10-21)18(23-16)25-8-7-17(24)22-13-4-5-15(20)14(19)9-13/h3-6,9,11H,7-8H2,1-2H3,(H,22,24). The van der Waals surface area contributed by atoms with Crippen LogP contribution in [-0.4, -0.2) is 16.6 Å². The highest BCUT2D eigenvalue weighted by Crippen LogP contribution is 2.24. The van der Waals surface area contributed by atoms with Crippen molar-refractivity contribution < 1.29 is 9.18 Å². The number of aromatic nitrogens is 1. The Morgan fingerprint density at radius 2 is 2.16 bits per heavy atom. The Morgan fingerprint density at radius 3 is 2.80 bits per heavy atom. The van der Waals surface area contributed by atoms with Crippen molar-refractivity contribution in [2.24, 2.45) is 0 Å². The molecule has 4 nitrogen and oxygen atoms in total. The summed E-state index contributed by atoms with van der Waals surface area (Å²) < 4.78 is 13.1. The van der Waals surface area contributed by atoms with Crippen LogP contribution in [0.1, 0.15) is 37.4 Å². The van der Waals surface area contributed by atoms with E-state index in [1.165, 1.54) is 30.0 Å². The summed E-state index contributed by atoms with van der Waals surface area (Å²) in [5.41, 5.74) is 1.85. The Morgan fingerprint density at radius 1 is 1.40 bits per heavy atom. The second-order valence-corrected chi connectivity index (χ2v) is 7.12. The lowest BCUT2D eigenvalue weighted by atomic mass is 10.1. The highest BCUT2D eigenvalue weighted by atomic mass is 35.5. The minimum Gasteiger partial charge on any atom is -0.326 e. The zero-order chi connectivity index (χ0) is 18.4. The van der Waals surface area contributed by atoms with Gasteiger partial charge in [0.25, 0.3) is 0 Å². The van der Waals surface area contributed by atoms with Crippen molar-refractivity contribution in [2.75, 3.05) is 11.1 Å². The predicted octanol–water partition coefficient (Wildman–Crippen LogP) is 4.99. The van der Waals surface area contributed by atoms with Crippen LogP contribution in [-0.2, 0) is 4.79 Å². The first kappa shape index (κ1) is 19.2. The molecule has 1 N–H and O–H groups in total. The number of halogens is 2. The number of nitriles is 1. The van der Waals surface area contributed by atoms with Crippen LogP contribution in [0.5, 0.6) is 0 Å². The molecule has 25 heavy (non-hydrogen) atoms. The lowest BCUT2D eigenvalue weighted by Gasteiger charge is -2.09. The predicted molar refractivity (Wildman–Crippen MR) is 98.4 cm³/mol. The van der Waals surface area contributed by atoms with Gasteiger partial charge in [-0.1, -0.05) is 25.4 Å². The van der Waals surface area contributed by atoms with Crippen LogP contribution < -0.4 is 5.32 Å². The van der Waals surface area contributed by atoms with Crippen LogP contribution in [0.2, 0.25) is 5.02 Å². The smallest absolute Gasteiger partial charge is 0.225 e. The second-order valence-electron chi connectivity index (χ2n) is 5.63. The molecule has 0 saturated heterocycles. The molecule has 0 unspecified atom stereocenters. The molecular weight excluding hydrogens is 361 g/mol. The van der Waals surface area contributed by atoms with Crippen molar-refractivity contribution >= 4 is 35.0 Å². The van der Waals surface area contributed by atoms with Gasteiger partial charge >= 0.3 is 0 Å². The number of hydrogen-bond donors (Lipinski definition) is 1. The topological polar surface area (TPSA) is 65.8 Å². The number of carbonyl (C=O) groups excluding carboxylic acids is 1. The van der Waals surface area contributed by atoms with E-state index >= 15 is 0 Å². The molecule has 1 aromatic heterocycles. The van der Waals surface area contributed by atoms with Crippen molar-refractivity contribution in [2.45, 2.75) is 31.2 Å². The van der Waals surface area contributed by atoms with Crippen molar-refractivity contribution in [3.05, 3.63) is 52.4 Å². The first-order chi connectivity index (χ1) is 11.9. The molecule has 0 fully saturated rings. The van der Waals surface area contributed by atoms with Crippen molar-refractivity contribution in [1.82, 2.24) is 4.98 Å².